The number of piperidine rings is 1. The van der Waals surface area contributed by atoms with Gasteiger partial charge in [-0.2, -0.15) is 4.98 Å². The molecule has 1 amide bonds. The van der Waals surface area contributed by atoms with E-state index in [1.54, 1.807) is 17.0 Å². The van der Waals surface area contributed by atoms with E-state index in [9.17, 15) is 9.59 Å². The van der Waals surface area contributed by atoms with Gasteiger partial charge in [-0.15, -0.1) is 0 Å². The summed E-state index contributed by atoms with van der Waals surface area (Å²) in [6, 6.07) is 11.0. The predicted molar refractivity (Wildman–Crippen MR) is 102 cm³/mol. The van der Waals surface area contributed by atoms with Crippen molar-refractivity contribution in [3.63, 3.8) is 0 Å². The Morgan fingerprint density at radius 1 is 1.17 bits per heavy atom. The standard InChI is InChI=1S/C21H21N3O5/c1-14-5-2-3-6-16(14)19-22-18(29-23-19)13-28-21(26)15-8-10-24(11-9-15)20(25)17-7-4-12-27-17/h2-7,12,15H,8-11,13H2,1H3. The first-order chi connectivity index (χ1) is 14.1. The molecule has 1 fully saturated rings. The Bertz CT molecular complexity index is 987. The molecule has 0 aliphatic carbocycles. The normalized spacial score (nSPS) is 14.7. The highest BCUT2D eigenvalue weighted by Gasteiger charge is 2.30. The molecular formula is C21H21N3O5. The molecular weight excluding hydrogens is 374 g/mol. The lowest BCUT2D eigenvalue weighted by atomic mass is 9.97. The lowest BCUT2D eigenvalue weighted by Crippen LogP contribution is -2.40. The number of likely N-dealkylation sites (tertiary alicyclic amines) is 1. The lowest BCUT2D eigenvalue weighted by molar-refractivity contribution is -0.152. The summed E-state index contributed by atoms with van der Waals surface area (Å²) in [5.41, 5.74) is 1.91. The zero-order valence-electron chi connectivity index (χ0n) is 16.0. The van der Waals surface area contributed by atoms with Crippen LogP contribution in [0.2, 0.25) is 0 Å². The number of furan rings is 1. The minimum absolute atomic E-state index is 0.0662. The largest absolute Gasteiger partial charge is 0.459 e. The number of esters is 1. The summed E-state index contributed by atoms with van der Waals surface area (Å²) in [5.74, 6) is 0.310. The van der Waals surface area contributed by atoms with Gasteiger partial charge in [-0.05, 0) is 37.5 Å². The van der Waals surface area contributed by atoms with E-state index in [-0.39, 0.29) is 30.3 Å². The number of aryl methyl sites for hydroxylation is 1. The minimum Gasteiger partial charge on any atom is -0.459 e. The van der Waals surface area contributed by atoms with Crippen LogP contribution in [-0.2, 0) is 16.1 Å². The van der Waals surface area contributed by atoms with Crippen LogP contribution in [0.5, 0.6) is 0 Å². The van der Waals surface area contributed by atoms with Crippen molar-refractivity contribution in [1.29, 1.82) is 0 Å². The summed E-state index contributed by atoms with van der Waals surface area (Å²) in [6.07, 6.45) is 2.56. The van der Waals surface area contributed by atoms with Crippen LogP contribution >= 0.6 is 0 Å². The number of benzene rings is 1. The van der Waals surface area contributed by atoms with Gasteiger partial charge in [0.1, 0.15) is 0 Å². The van der Waals surface area contributed by atoms with Crippen molar-refractivity contribution >= 4 is 11.9 Å². The van der Waals surface area contributed by atoms with Gasteiger partial charge in [-0.3, -0.25) is 9.59 Å². The van der Waals surface area contributed by atoms with Crippen molar-refractivity contribution in [3.8, 4) is 11.4 Å². The predicted octanol–water partition coefficient (Wildman–Crippen LogP) is 3.23. The topological polar surface area (TPSA) is 98.7 Å². The molecule has 1 aliphatic rings. The fraction of sp³-hybridized carbons (Fsp3) is 0.333. The van der Waals surface area contributed by atoms with Crippen molar-refractivity contribution in [1.82, 2.24) is 15.0 Å². The van der Waals surface area contributed by atoms with Crippen molar-refractivity contribution in [2.24, 2.45) is 5.92 Å². The number of ether oxygens (including phenoxy) is 1. The summed E-state index contributed by atoms with van der Waals surface area (Å²) in [4.78, 5) is 30.6. The van der Waals surface area contributed by atoms with Crippen LogP contribution < -0.4 is 0 Å². The van der Waals surface area contributed by atoms with Crippen LogP contribution in [0.25, 0.3) is 11.4 Å². The maximum Gasteiger partial charge on any atom is 0.309 e. The first-order valence-electron chi connectivity index (χ1n) is 9.50. The van der Waals surface area contributed by atoms with E-state index in [4.69, 9.17) is 13.7 Å². The SMILES string of the molecule is Cc1ccccc1-c1noc(COC(=O)C2CCN(C(=O)c3ccco3)CC2)n1. The van der Waals surface area contributed by atoms with Gasteiger partial charge in [-0.1, -0.05) is 29.4 Å². The molecule has 0 spiro atoms. The average Bonchev–Trinajstić information content (AvgIpc) is 3.44. The highest BCUT2D eigenvalue weighted by Crippen LogP contribution is 2.22. The zero-order valence-corrected chi connectivity index (χ0v) is 16.0. The van der Waals surface area contributed by atoms with Crippen molar-refractivity contribution in [2.45, 2.75) is 26.4 Å². The third kappa shape index (κ3) is 4.21. The summed E-state index contributed by atoms with van der Waals surface area (Å²) < 4.78 is 15.7. The van der Waals surface area contributed by atoms with E-state index in [2.05, 4.69) is 10.1 Å². The Balaban J connectivity index is 1.28. The van der Waals surface area contributed by atoms with E-state index >= 15 is 0 Å². The van der Waals surface area contributed by atoms with E-state index < -0.39 is 0 Å². The van der Waals surface area contributed by atoms with Crippen LogP contribution in [0.3, 0.4) is 0 Å². The average molecular weight is 395 g/mol. The first-order valence-corrected chi connectivity index (χ1v) is 9.50. The number of rotatable bonds is 5. The molecule has 2 aromatic heterocycles. The van der Waals surface area contributed by atoms with Crippen LogP contribution in [0.15, 0.2) is 51.6 Å². The number of hydrogen-bond acceptors (Lipinski definition) is 7. The lowest BCUT2D eigenvalue weighted by Gasteiger charge is -2.30. The monoisotopic (exact) mass is 395 g/mol. The molecule has 29 heavy (non-hydrogen) atoms. The van der Waals surface area contributed by atoms with Gasteiger partial charge < -0.3 is 18.6 Å². The Labute approximate surface area is 167 Å². The molecule has 1 aromatic carbocycles. The van der Waals surface area contributed by atoms with E-state index in [0.717, 1.165) is 11.1 Å². The second kappa shape index (κ2) is 8.30. The highest BCUT2D eigenvalue weighted by molar-refractivity contribution is 5.91. The molecule has 0 radical (unpaired) electrons. The fourth-order valence-corrected chi connectivity index (χ4v) is 3.37. The smallest absolute Gasteiger partial charge is 0.309 e. The number of amides is 1. The van der Waals surface area contributed by atoms with Gasteiger partial charge in [-0.25, -0.2) is 0 Å². The molecule has 0 atom stereocenters. The second-order valence-corrected chi connectivity index (χ2v) is 6.98. The van der Waals surface area contributed by atoms with Gasteiger partial charge in [0.05, 0.1) is 12.2 Å². The molecule has 1 aliphatic heterocycles. The highest BCUT2D eigenvalue weighted by atomic mass is 16.6. The summed E-state index contributed by atoms with van der Waals surface area (Å²) >= 11 is 0. The number of nitrogens with zero attached hydrogens (tertiary/aromatic N) is 3. The number of carbonyl (C=O) groups excluding carboxylic acids is 2. The first kappa shape index (κ1) is 18.9. The van der Waals surface area contributed by atoms with Gasteiger partial charge in [0.25, 0.3) is 11.8 Å². The molecule has 0 unspecified atom stereocenters. The quantitative estimate of drug-likeness (QED) is 0.612. The maximum atomic E-state index is 12.4. The molecule has 3 heterocycles. The van der Waals surface area contributed by atoms with E-state index in [1.807, 2.05) is 31.2 Å². The van der Waals surface area contributed by atoms with E-state index in [0.29, 0.717) is 37.5 Å². The van der Waals surface area contributed by atoms with Crippen LogP contribution in [0.4, 0.5) is 0 Å². The number of aromatic nitrogens is 2. The number of carbonyl (C=O) groups is 2. The summed E-state index contributed by atoms with van der Waals surface area (Å²) in [5, 5.41) is 3.96. The van der Waals surface area contributed by atoms with Crippen molar-refractivity contribution in [2.75, 3.05) is 13.1 Å². The Hall–Kier alpha value is -3.42. The minimum atomic E-state index is -0.314. The second-order valence-electron chi connectivity index (χ2n) is 6.98. The molecule has 4 rings (SSSR count). The zero-order chi connectivity index (χ0) is 20.2. The third-order valence-corrected chi connectivity index (χ3v) is 5.04. The Morgan fingerprint density at radius 3 is 2.69 bits per heavy atom. The third-order valence-electron chi connectivity index (χ3n) is 5.04. The Kier molecular flexibility index (Phi) is 5.41. The van der Waals surface area contributed by atoms with Gasteiger partial charge in [0, 0.05) is 18.7 Å². The van der Waals surface area contributed by atoms with E-state index in [1.165, 1.54) is 6.26 Å². The maximum absolute atomic E-state index is 12.4. The van der Waals surface area contributed by atoms with Crippen molar-refractivity contribution < 1.29 is 23.3 Å². The van der Waals surface area contributed by atoms with Crippen LogP contribution in [0, 0.1) is 12.8 Å². The molecule has 3 aromatic rings. The summed E-state index contributed by atoms with van der Waals surface area (Å²) in [6.45, 7) is 2.87. The molecule has 1 saturated heterocycles. The molecule has 8 heteroatoms. The fourth-order valence-electron chi connectivity index (χ4n) is 3.37. The summed E-state index contributed by atoms with van der Waals surface area (Å²) in [7, 11) is 0. The molecule has 8 nitrogen and oxygen atoms in total. The Morgan fingerprint density at radius 2 is 1.97 bits per heavy atom. The van der Waals surface area contributed by atoms with Gasteiger partial charge >= 0.3 is 5.97 Å². The molecule has 150 valence electrons. The van der Waals surface area contributed by atoms with Crippen LogP contribution in [-0.4, -0.2) is 40.0 Å². The van der Waals surface area contributed by atoms with Gasteiger partial charge in [0.2, 0.25) is 5.82 Å². The molecule has 0 bridgehead atoms. The molecule has 0 N–H and O–H groups in total. The molecule has 0 saturated carbocycles. The van der Waals surface area contributed by atoms with Crippen LogP contribution in [0.1, 0.15) is 34.9 Å². The van der Waals surface area contributed by atoms with Gasteiger partial charge in [0.15, 0.2) is 12.4 Å². The van der Waals surface area contributed by atoms with Crippen molar-refractivity contribution in [3.05, 3.63) is 59.9 Å². The number of hydrogen-bond donors (Lipinski definition) is 0.